The molecule has 2 heterocycles. The lowest BCUT2D eigenvalue weighted by molar-refractivity contribution is 0.238. The van der Waals surface area contributed by atoms with E-state index in [0.717, 1.165) is 49.9 Å². The van der Waals surface area contributed by atoms with Crippen molar-refractivity contribution < 1.29 is 14.2 Å². The van der Waals surface area contributed by atoms with Gasteiger partial charge in [-0.1, -0.05) is 26.0 Å². The molecule has 3 aromatic rings. The second kappa shape index (κ2) is 11.0. The predicted octanol–water partition coefficient (Wildman–Crippen LogP) is 3.79. The van der Waals surface area contributed by atoms with Gasteiger partial charge in [0.15, 0.2) is 11.5 Å². The number of hydrogen-bond acceptors (Lipinski definition) is 7. The van der Waals surface area contributed by atoms with Crippen LogP contribution in [0.15, 0.2) is 41.2 Å². The van der Waals surface area contributed by atoms with E-state index in [4.69, 9.17) is 19.2 Å². The van der Waals surface area contributed by atoms with Crippen molar-refractivity contribution in [3.63, 3.8) is 0 Å². The Labute approximate surface area is 207 Å². The van der Waals surface area contributed by atoms with Gasteiger partial charge in [-0.25, -0.2) is 4.98 Å². The number of aromatic nitrogens is 2. The second-order valence-corrected chi connectivity index (χ2v) is 9.33. The number of rotatable bonds is 9. The van der Waals surface area contributed by atoms with E-state index in [1.54, 1.807) is 33.5 Å². The van der Waals surface area contributed by atoms with Gasteiger partial charge in [-0.3, -0.25) is 14.3 Å². The molecule has 1 saturated heterocycles. The molecule has 188 valence electrons. The van der Waals surface area contributed by atoms with Crippen LogP contribution in [0.2, 0.25) is 0 Å². The first kappa shape index (κ1) is 24.9. The van der Waals surface area contributed by atoms with E-state index < -0.39 is 0 Å². The molecular weight excluding hydrogens is 444 g/mol. The largest absolute Gasteiger partial charge is 0.495 e. The number of hydrogen-bond donors (Lipinski definition) is 0. The zero-order valence-corrected chi connectivity index (χ0v) is 21.4. The Kier molecular flexibility index (Phi) is 7.80. The van der Waals surface area contributed by atoms with Crippen LogP contribution in [0, 0.1) is 5.92 Å². The van der Waals surface area contributed by atoms with Crippen LogP contribution in [0.5, 0.6) is 17.2 Å². The van der Waals surface area contributed by atoms with Crippen LogP contribution >= 0.6 is 0 Å². The molecule has 0 unspecified atom stereocenters. The summed E-state index contributed by atoms with van der Waals surface area (Å²) in [4.78, 5) is 23.2. The SMILES string of the molecule is COc1cc2nc(CN3CCN(c4ccccc4OC)CC3)n(CCC(C)C)c(=O)c2cc1OC. The molecule has 0 bridgehead atoms. The number of ether oxygens (including phenoxy) is 3. The molecule has 1 aliphatic rings. The molecule has 35 heavy (non-hydrogen) atoms. The van der Waals surface area contributed by atoms with Gasteiger partial charge in [0, 0.05) is 38.8 Å². The third-order valence-corrected chi connectivity index (χ3v) is 6.63. The summed E-state index contributed by atoms with van der Waals surface area (Å²) in [5.74, 6) is 3.28. The number of methoxy groups -OCH3 is 3. The van der Waals surface area contributed by atoms with Gasteiger partial charge >= 0.3 is 0 Å². The van der Waals surface area contributed by atoms with Crippen LogP contribution in [0.3, 0.4) is 0 Å². The monoisotopic (exact) mass is 480 g/mol. The Morgan fingerprint density at radius 1 is 0.914 bits per heavy atom. The van der Waals surface area contributed by atoms with Crippen LogP contribution in [0.25, 0.3) is 10.9 Å². The second-order valence-electron chi connectivity index (χ2n) is 9.33. The Hall–Kier alpha value is -3.26. The average molecular weight is 481 g/mol. The van der Waals surface area contributed by atoms with Gasteiger partial charge in [0.25, 0.3) is 5.56 Å². The van der Waals surface area contributed by atoms with E-state index in [9.17, 15) is 4.79 Å². The minimum absolute atomic E-state index is 0.0285. The standard InChI is InChI=1S/C27H36N4O4/c1-19(2)10-11-31-26(28-21-17-25(35-5)24(34-4)16-20(21)27(31)32)18-29-12-14-30(15-13-29)22-8-6-7-9-23(22)33-3/h6-9,16-17,19H,10-15,18H2,1-5H3. The maximum atomic E-state index is 13.6. The van der Waals surface area contributed by atoms with Crippen molar-refractivity contribution in [3.8, 4) is 17.2 Å². The van der Waals surface area contributed by atoms with E-state index in [0.29, 0.717) is 41.4 Å². The molecule has 0 aliphatic carbocycles. The third kappa shape index (κ3) is 5.37. The predicted molar refractivity (Wildman–Crippen MR) is 139 cm³/mol. The van der Waals surface area contributed by atoms with Gasteiger partial charge in [0.05, 0.1) is 44.5 Å². The Balaban J connectivity index is 1.61. The summed E-state index contributed by atoms with van der Waals surface area (Å²) in [6.07, 6.45) is 0.912. The highest BCUT2D eigenvalue weighted by molar-refractivity contribution is 5.82. The van der Waals surface area contributed by atoms with Crippen molar-refractivity contribution in [1.29, 1.82) is 0 Å². The Morgan fingerprint density at radius 2 is 1.57 bits per heavy atom. The fourth-order valence-corrected chi connectivity index (χ4v) is 4.57. The molecule has 0 saturated carbocycles. The summed E-state index contributed by atoms with van der Waals surface area (Å²) in [6.45, 7) is 9.13. The Bertz CT molecular complexity index is 1220. The molecule has 1 fully saturated rings. The summed E-state index contributed by atoms with van der Waals surface area (Å²) in [5.41, 5.74) is 1.73. The van der Waals surface area contributed by atoms with Gasteiger partial charge in [0.2, 0.25) is 0 Å². The maximum absolute atomic E-state index is 13.6. The van der Waals surface area contributed by atoms with Crippen molar-refractivity contribution in [2.45, 2.75) is 33.4 Å². The first-order chi connectivity index (χ1) is 16.9. The lowest BCUT2D eigenvalue weighted by Crippen LogP contribution is -2.46. The first-order valence-electron chi connectivity index (χ1n) is 12.2. The average Bonchev–Trinajstić information content (AvgIpc) is 2.88. The number of anilines is 1. The highest BCUT2D eigenvalue weighted by Gasteiger charge is 2.22. The fraction of sp³-hybridized carbons (Fsp3) is 0.481. The summed E-state index contributed by atoms with van der Waals surface area (Å²) < 4.78 is 18.3. The number of benzene rings is 2. The molecule has 4 rings (SSSR count). The molecule has 1 aliphatic heterocycles. The van der Waals surface area contributed by atoms with E-state index >= 15 is 0 Å². The van der Waals surface area contributed by atoms with Crippen LogP contribution < -0.4 is 24.7 Å². The van der Waals surface area contributed by atoms with Crippen molar-refractivity contribution in [3.05, 3.63) is 52.6 Å². The van der Waals surface area contributed by atoms with Gasteiger partial charge in [-0.2, -0.15) is 0 Å². The molecule has 2 aromatic carbocycles. The lowest BCUT2D eigenvalue weighted by Gasteiger charge is -2.36. The van der Waals surface area contributed by atoms with Crippen molar-refractivity contribution >= 4 is 16.6 Å². The third-order valence-electron chi connectivity index (χ3n) is 6.63. The molecule has 0 N–H and O–H groups in total. The van der Waals surface area contributed by atoms with Crippen LogP contribution in [-0.4, -0.2) is 62.0 Å². The van der Waals surface area contributed by atoms with Crippen molar-refractivity contribution in [2.75, 3.05) is 52.4 Å². The summed E-state index contributed by atoms with van der Waals surface area (Å²) in [5, 5.41) is 0.552. The zero-order chi connectivity index (χ0) is 24.9. The zero-order valence-electron chi connectivity index (χ0n) is 21.4. The molecule has 0 atom stereocenters. The molecule has 8 heteroatoms. The van der Waals surface area contributed by atoms with Gasteiger partial charge in [-0.15, -0.1) is 0 Å². The number of nitrogens with zero attached hydrogens (tertiary/aromatic N) is 4. The minimum Gasteiger partial charge on any atom is -0.495 e. The molecule has 8 nitrogen and oxygen atoms in total. The normalized spacial score (nSPS) is 14.5. The van der Waals surface area contributed by atoms with Gasteiger partial charge in [0.1, 0.15) is 11.6 Å². The van der Waals surface area contributed by atoms with Crippen molar-refractivity contribution in [2.24, 2.45) is 5.92 Å². The van der Waals surface area contributed by atoms with Crippen LogP contribution in [0.1, 0.15) is 26.1 Å². The van der Waals surface area contributed by atoms with Gasteiger partial charge in [-0.05, 0) is 30.5 Å². The molecule has 0 spiro atoms. The Morgan fingerprint density at radius 3 is 2.23 bits per heavy atom. The maximum Gasteiger partial charge on any atom is 0.261 e. The molecule has 1 aromatic heterocycles. The van der Waals surface area contributed by atoms with Crippen LogP contribution in [-0.2, 0) is 13.1 Å². The lowest BCUT2D eigenvalue weighted by atomic mass is 10.1. The summed E-state index contributed by atoms with van der Waals surface area (Å²) >= 11 is 0. The van der Waals surface area contributed by atoms with Crippen LogP contribution in [0.4, 0.5) is 5.69 Å². The number of piperazine rings is 1. The van der Waals surface area contributed by atoms with Crippen molar-refractivity contribution in [1.82, 2.24) is 14.5 Å². The first-order valence-corrected chi connectivity index (χ1v) is 12.2. The summed E-state index contributed by atoms with van der Waals surface area (Å²) in [7, 11) is 4.88. The van der Waals surface area contributed by atoms with E-state index in [1.807, 2.05) is 22.8 Å². The number of para-hydroxylation sites is 2. The van der Waals surface area contributed by atoms with E-state index in [-0.39, 0.29) is 5.56 Å². The number of fused-ring (bicyclic) bond motifs is 1. The minimum atomic E-state index is -0.0285. The van der Waals surface area contributed by atoms with E-state index in [2.05, 4.69) is 29.7 Å². The highest BCUT2D eigenvalue weighted by Crippen LogP contribution is 2.31. The molecule has 0 amide bonds. The van der Waals surface area contributed by atoms with Gasteiger partial charge < -0.3 is 19.1 Å². The highest BCUT2D eigenvalue weighted by atomic mass is 16.5. The summed E-state index contributed by atoms with van der Waals surface area (Å²) in [6, 6.07) is 11.7. The molecule has 0 radical (unpaired) electrons. The molecular formula is C27H36N4O4. The topological polar surface area (TPSA) is 69.1 Å². The quantitative estimate of drug-likeness (QED) is 0.462. The smallest absolute Gasteiger partial charge is 0.261 e. The fourth-order valence-electron chi connectivity index (χ4n) is 4.57. The van der Waals surface area contributed by atoms with E-state index in [1.165, 1.54) is 0 Å².